The standard InChI is InChI=1S/C19H17ClN4S/c1-12-4-2-5-14(23-12)7-8-17-24-18(20)16(25-17)10-13-11-22-19-15(13)6-3-9-21-19/h2-6,9,11H,7-8,10H2,1H3,(H,21,22). The number of rotatable bonds is 5. The number of nitrogens with zero attached hydrogens (tertiary/aromatic N) is 3. The van der Waals surface area contributed by atoms with Crippen LogP contribution >= 0.6 is 22.9 Å². The lowest BCUT2D eigenvalue weighted by atomic mass is 10.1. The summed E-state index contributed by atoms with van der Waals surface area (Å²) in [6.45, 7) is 2.01. The zero-order valence-corrected chi connectivity index (χ0v) is 15.4. The fourth-order valence-corrected chi connectivity index (χ4v) is 4.22. The number of halogens is 1. The first kappa shape index (κ1) is 16.2. The normalized spacial score (nSPS) is 11.3. The van der Waals surface area contributed by atoms with Crippen molar-refractivity contribution >= 4 is 34.0 Å². The molecule has 0 bridgehead atoms. The molecule has 0 fully saturated rings. The van der Waals surface area contributed by atoms with Gasteiger partial charge in [0.05, 0.1) is 5.01 Å². The second-order valence-corrected chi connectivity index (χ2v) is 7.51. The van der Waals surface area contributed by atoms with Crippen molar-refractivity contribution in [3.63, 3.8) is 0 Å². The number of aryl methyl sites for hydroxylation is 3. The first-order valence-electron chi connectivity index (χ1n) is 8.16. The lowest BCUT2D eigenvalue weighted by molar-refractivity contribution is 0.893. The van der Waals surface area contributed by atoms with E-state index in [-0.39, 0.29) is 0 Å². The Bertz CT molecular complexity index is 1020. The van der Waals surface area contributed by atoms with E-state index in [2.05, 4.69) is 32.1 Å². The molecule has 4 nitrogen and oxygen atoms in total. The highest BCUT2D eigenvalue weighted by atomic mass is 35.5. The number of nitrogens with one attached hydrogen (secondary N) is 1. The van der Waals surface area contributed by atoms with Crippen molar-refractivity contribution in [1.82, 2.24) is 19.9 Å². The van der Waals surface area contributed by atoms with E-state index in [4.69, 9.17) is 11.6 Å². The molecular formula is C19H17ClN4S. The minimum atomic E-state index is 0.607. The van der Waals surface area contributed by atoms with Crippen LogP contribution in [0.25, 0.3) is 11.0 Å². The molecular weight excluding hydrogens is 352 g/mol. The van der Waals surface area contributed by atoms with Gasteiger partial charge in [-0.3, -0.25) is 4.98 Å². The Labute approximate surface area is 154 Å². The van der Waals surface area contributed by atoms with E-state index in [1.807, 2.05) is 31.3 Å². The third-order valence-corrected chi connectivity index (χ3v) is 5.66. The summed E-state index contributed by atoms with van der Waals surface area (Å²) >= 11 is 8.06. The van der Waals surface area contributed by atoms with E-state index in [0.29, 0.717) is 5.15 Å². The van der Waals surface area contributed by atoms with Gasteiger partial charge in [-0.2, -0.15) is 0 Å². The van der Waals surface area contributed by atoms with E-state index in [9.17, 15) is 0 Å². The molecule has 0 aliphatic rings. The molecule has 25 heavy (non-hydrogen) atoms. The summed E-state index contributed by atoms with van der Waals surface area (Å²) in [6.07, 6.45) is 6.30. The number of aromatic nitrogens is 4. The molecule has 4 aromatic rings. The van der Waals surface area contributed by atoms with Gasteiger partial charge in [-0.15, -0.1) is 11.3 Å². The highest BCUT2D eigenvalue weighted by Crippen LogP contribution is 2.29. The molecule has 1 N–H and O–H groups in total. The van der Waals surface area contributed by atoms with Crippen LogP contribution in [0.4, 0.5) is 0 Å². The SMILES string of the molecule is Cc1cccc(CCc2nc(Cl)c(Cc3c[nH]c4ncccc34)s2)n1. The average Bonchev–Trinajstić information content (AvgIpc) is 3.18. The number of thiazole rings is 1. The molecule has 0 aliphatic carbocycles. The largest absolute Gasteiger partial charge is 0.346 e. The molecule has 4 rings (SSSR count). The van der Waals surface area contributed by atoms with Gasteiger partial charge >= 0.3 is 0 Å². The molecule has 0 unspecified atom stereocenters. The minimum absolute atomic E-state index is 0.607. The molecule has 0 saturated heterocycles. The van der Waals surface area contributed by atoms with E-state index in [0.717, 1.165) is 51.6 Å². The van der Waals surface area contributed by atoms with Gasteiger partial charge in [0.1, 0.15) is 10.8 Å². The van der Waals surface area contributed by atoms with Crippen molar-refractivity contribution in [1.29, 1.82) is 0 Å². The topological polar surface area (TPSA) is 54.5 Å². The molecule has 0 amide bonds. The van der Waals surface area contributed by atoms with Crippen LogP contribution in [0.3, 0.4) is 0 Å². The maximum atomic E-state index is 6.38. The van der Waals surface area contributed by atoms with Crippen molar-refractivity contribution in [3.8, 4) is 0 Å². The van der Waals surface area contributed by atoms with Crippen LogP contribution < -0.4 is 0 Å². The minimum Gasteiger partial charge on any atom is -0.346 e. The Morgan fingerprint density at radius 2 is 2.04 bits per heavy atom. The van der Waals surface area contributed by atoms with Crippen LogP contribution in [0.5, 0.6) is 0 Å². The monoisotopic (exact) mass is 368 g/mol. The maximum absolute atomic E-state index is 6.38. The van der Waals surface area contributed by atoms with Gasteiger partial charge in [0.25, 0.3) is 0 Å². The molecule has 4 heterocycles. The molecule has 6 heteroatoms. The van der Waals surface area contributed by atoms with Crippen molar-refractivity contribution in [2.45, 2.75) is 26.2 Å². The predicted octanol–water partition coefficient (Wildman–Crippen LogP) is 4.75. The number of fused-ring (bicyclic) bond motifs is 1. The molecule has 0 atom stereocenters. The van der Waals surface area contributed by atoms with Gasteiger partial charge < -0.3 is 4.98 Å². The molecule has 0 saturated carbocycles. The fourth-order valence-electron chi connectivity index (χ4n) is 2.90. The molecule has 0 radical (unpaired) electrons. The first-order valence-corrected chi connectivity index (χ1v) is 9.36. The summed E-state index contributed by atoms with van der Waals surface area (Å²) in [6, 6.07) is 10.1. The maximum Gasteiger partial charge on any atom is 0.143 e. The molecule has 0 aliphatic heterocycles. The summed E-state index contributed by atoms with van der Waals surface area (Å²) in [5.74, 6) is 0. The Kier molecular flexibility index (Phi) is 4.51. The van der Waals surface area contributed by atoms with Crippen molar-refractivity contribution in [3.05, 3.63) is 74.7 Å². The Morgan fingerprint density at radius 3 is 2.92 bits per heavy atom. The van der Waals surface area contributed by atoms with Gasteiger partial charge in [-0.1, -0.05) is 17.7 Å². The van der Waals surface area contributed by atoms with Gasteiger partial charge in [0.2, 0.25) is 0 Å². The van der Waals surface area contributed by atoms with Crippen LogP contribution in [0.2, 0.25) is 5.15 Å². The zero-order valence-electron chi connectivity index (χ0n) is 13.8. The molecule has 0 aromatic carbocycles. The summed E-state index contributed by atoms with van der Waals surface area (Å²) in [5.41, 5.74) is 4.24. The van der Waals surface area contributed by atoms with E-state index in [1.54, 1.807) is 17.5 Å². The van der Waals surface area contributed by atoms with Gasteiger partial charge in [0.15, 0.2) is 0 Å². The van der Waals surface area contributed by atoms with E-state index in [1.165, 1.54) is 5.56 Å². The van der Waals surface area contributed by atoms with Crippen LogP contribution in [0.15, 0.2) is 42.7 Å². The van der Waals surface area contributed by atoms with Crippen LogP contribution in [-0.4, -0.2) is 19.9 Å². The first-order chi connectivity index (χ1) is 12.2. The second kappa shape index (κ2) is 6.94. The van der Waals surface area contributed by atoms with Crippen molar-refractivity contribution in [2.75, 3.05) is 0 Å². The lowest BCUT2D eigenvalue weighted by Gasteiger charge is -1.99. The van der Waals surface area contributed by atoms with Crippen LogP contribution in [-0.2, 0) is 19.3 Å². The summed E-state index contributed by atoms with van der Waals surface area (Å²) in [5, 5.41) is 2.80. The Morgan fingerprint density at radius 1 is 1.12 bits per heavy atom. The molecule has 4 aromatic heterocycles. The third-order valence-electron chi connectivity index (χ3n) is 4.12. The Balaban J connectivity index is 1.50. The summed E-state index contributed by atoms with van der Waals surface area (Å²) in [4.78, 5) is 17.7. The number of aromatic amines is 1. The quantitative estimate of drug-likeness (QED) is 0.553. The van der Waals surface area contributed by atoms with Crippen molar-refractivity contribution in [2.24, 2.45) is 0 Å². The third kappa shape index (κ3) is 3.57. The van der Waals surface area contributed by atoms with E-state index < -0.39 is 0 Å². The van der Waals surface area contributed by atoms with Crippen LogP contribution in [0, 0.1) is 6.92 Å². The van der Waals surface area contributed by atoms with Gasteiger partial charge in [0, 0.05) is 46.9 Å². The highest BCUT2D eigenvalue weighted by molar-refractivity contribution is 7.12. The zero-order chi connectivity index (χ0) is 17.2. The van der Waals surface area contributed by atoms with Crippen molar-refractivity contribution < 1.29 is 0 Å². The average molecular weight is 369 g/mol. The fraction of sp³-hybridized carbons (Fsp3) is 0.211. The summed E-state index contributed by atoms with van der Waals surface area (Å²) < 4.78 is 0. The Hall–Kier alpha value is -2.24. The smallest absolute Gasteiger partial charge is 0.143 e. The predicted molar refractivity (Wildman–Crippen MR) is 102 cm³/mol. The second-order valence-electron chi connectivity index (χ2n) is 5.98. The number of hydrogen-bond acceptors (Lipinski definition) is 4. The van der Waals surface area contributed by atoms with Crippen LogP contribution in [0.1, 0.15) is 26.8 Å². The lowest BCUT2D eigenvalue weighted by Crippen LogP contribution is -1.95. The highest BCUT2D eigenvalue weighted by Gasteiger charge is 2.13. The number of pyridine rings is 2. The number of H-pyrrole nitrogens is 1. The van der Waals surface area contributed by atoms with Gasteiger partial charge in [-0.25, -0.2) is 9.97 Å². The van der Waals surface area contributed by atoms with E-state index >= 15 is 0 Å². The van der Waals surface area contributed by atoms with Gasteiger partial charge in [-0.05, 0) is 43.2 Å². The summed E-state index contributed by atoms with van der Waals surface area (Å²) in [7, 11) is 0. The molecule has 0 spiro atoms. The molecule has 126 valence electrons. The number of hydrogen-bond donors (Lipinski definition) is 1.